The average Bonchev–Trinajstić information content (AvgIpc) is 2.97. The summed E-state index contributed by atoms with van der Waals surface area (Å²) < 4.78 is 11.6. The third-order valence-electron chi connectivity index (χ3n) is 2.85. The van der Waals surface area contributed by atoms with Gasteiger partial charge >= 0.3 is 0 Å². The lowest BCUT2D eigenvalue weighted by atomic mass is 10.1. The third kappa shape index (κ3) is 2.09. The van der Waals surface area contributed by atoms with Crippen molar-refractivity contribution in [2.75, 3.05) is 0 Å². The van der Waals surface area contributed by atoms with Crippen molar-refractivity contribution in [3.05, 3.63) is 58.7 Å². The molecular formula is C14H11BrO3. The van der Waals surface area contributed by atoms with Crippen LogP contribution in [0.1, 0.15) is 17.4 Å². The topological polar surface area (TPSA) is 46.5 Å². The second kappa shape index (κ2) is 4.63. The third-order valence-corrected chi connectivity index (χ3v) is 3.48. The van der Waals surface area contributed by atoms with Crippen molar-refractivity contribution in [3.8, 4) is 0 Å². The first-order chi connectivity index (χ1) is 8.74. The normalized spacial score (nSPS) is 13.0. The molecule has 2 aromatic heterocycles. The Morgan fingerprint density at radius 3 is 2.89 bits per heavy atom. The number of halogens is 1. The summed E-state index contributed by atoms with van der Waals surface area (Å²) >= 11 is 3.43. The van der Waals surface area contributed by atoms with Crippen LogP contribution < -0.4 is 0 Å². The molecule has 1 N–H and O–H groups in total. The molecule has 3 aromatic rings. The van der Waals surface area contributed by atoms with Crippen LogP contribution in [0.4, 0.5) is 0 Å². The summed E-state index contributed by atoms with van der Waals surface area (Å²) in [6.45, 7) is 0. The van der Waals surface area contributed by atoms with Crippen molar-refractivity contribution in [2.24, 2.45) is 0 Å². The summed E-state index contributed by atoms with van der Waals surface area (Å²) in [5.41, 5.74) is 1.71. The molecule has 0 amide bonds. The van der Waals surface area contributed by atoms with Crippen molar-refractivity contribution in [1.29, 1.82) is 0 Å². The fourth-order valence-corrected chi connectivity index (χ4v) is 2.41. The number of rotatable bonds is 3. The van der Waals surface area contributed by atoms with E-state index in [1.54, 1.807) is 12.5 Å². The lowest BCUT2D eigenvalue weighted by molar-refractivity contribution is 0.152. The number of para-hydroxylation sites is 1. The first kappa shape index (κ1) is 11.6. The molecule has 0 bridgehead atoms. The average molecular weight is 307 g/mol. The van der Waals surface area contributed by atoms with E-state index in [4.69, 9.17) is 8.83 Å². The molecule has 1 aromatic carbocycles. The van der Waals surface area contributed by atoms with Crippen LogP contribution in [0.2, 0.25) is 0 Å². The first-order valence-electron chi connectivity index (χ1n) is 5.61. The highest BCUT2D eigenvalue weighted by molar-refractivity contribution is 9.10. The number of aliphatic hydroxyl groups is 1. The Bertz CT molecular complexity index is 655. The van der Waals surface area contributed by atoms with Gasteiger partial charge in [0.2, 0.25) is 0 Å². The fourth-order valence-electron chi connectivity index (χ4n) is 1.94. The van der Waals surface area contributed by atoms with Gasteiger partial charge in [-0.2, -0.15) is 0 Å². The molecule has 18 heavy (non-hydrogen) atoms. The van der Waals surface area contributed by atoms with Crippen LogP contribution >= 0.6 is 15.9 Å². The van der Waals surface area contributed by atoms with Gasteiger partial charge in [-0.3, -0.25) is 0 Å². The van der Waals surface area contributed by atoms with Gasteiger partial charge in [-0.15, -0.1) is 0 Å². The predicted octanol–water partition coefficient (Wildman–Crippen LogP) is 4.06. The Hall–Kier alpha value is -1.52. The molecule has 4 heteroatoms. The Morgan fingerprint density at radius 1 is 1.28 bits per heavy atom. The van der Waals surface area contributed by atoms with E-state index in [0.29, 0.717) is 12.2 Å². The van der Waals surface area contributed by atoms with Gasteiger partial charge in [0.15, 0.2) is 0 Å². The molecule has 0 aliphatic rings. The highest BCUT2D eigenvalue weighted by Crippen LogP contribution is 2.30. The molecule has 0 aliphatic heterocycles. The Kier molecular flexibility index (Phi) is 2.97. The zero-order valence-electron chi connectivity index (χ0n) is 9.47. The zero-order chi connectivity index (χ0) is 12.5. The highest BCUT2D eigenvalue weighted by atomic mass is 79.9. The molecule has 1 unspecified atom stereocenters. The molecule has 0 aliphatic carbocycles. The van der Waals surface area contributed by atoms with Crippen molar-refractivity contribution < 1.29 is 13.9 Å². The Morgan fingerprint density at radius 2 is 2.17 bits per heavy atom. The van der Waals surface area contributed by atoms with Crippen molar-refractivity contribution in [2.45, 2.75) is 12.5 Å². The summed E-state index contributed by atoms with van der Waals surface area (Å²) in [6.07, 6.45) is 3.04. The summed E-state index contributed by atoms with van der Waals surface area (Å²) in [7, 11) is 0. The van der Waals surface area contributed by atoms with Crippen LogP contribution in [0, 0.1) is 0 Å². The van der Waals surface area contributed by atoms with Crippen molar-refractivity contribution in [3.63, 3.8) is 0 Å². The molecule has 1 atom stereocenters. The lowest BCUT2D eigenvalue weighted by Crippen LogP contribution is -1.98. The molecular weight excluding hydrogens is 296 g/mol. The zero-order valence-corrected chi connectivity index (χ0v) is 11.1. The monoisotopic (exact) mass is 306 g/mol. The van der Waals surface area contributed by atoms with Gasteiger partial charge in [-0.25, -0.2) is 0 Å². The van der Waals surface area contributed by atoms with Gasteiger partial charge < -0.3 is 13.9 Å². The van der Waals surface area contributed by atoms with E-state index in [0.717, 1.165) is 21.0 Å². The second-order valence-electron chi connectivity index (χ2n) is 4.16. The first-order valence-corrected chi connectivity index (χ1v) is 6.40. The van der Waals surface area contributed by atoms with Crippen LogP contribution in [0.15, 0.2) is 56.2 Å². The highest BCUT2D eigenvalue weighted by Gasteiger charge is 2.15. The van der Waals surface area contributed by atoms with Crippen LogP contribution in [0.25, 0.3) is 11.0 Å². The number of furan rings is 2. The summed E-state index contributed by atoms with van der Waals surface area (Å²) in [6, 6.07) is 9.51. The summed E-state index contributed by atoms with van der Waals surface area (Å²) in [5.74, 6) is 0.568. The van der Waals surface area contributed by atoms with E-state index in [1.807, 2.05) is 30.3 Å². The molecule has 3 rings (SSSR count). The number of aliphatic hydroxyl groups excluding tert-OH is 1. The summed E-state index contributed by atoms with van der Waals surface area (Å²) in [4.78, 5) is 0. The quantitative estimate of drug-likeness (QED) is 0.793. The van der Waals surface area contributed by atoms with Crippen LogP contribution in [0.3, 0.4) is 0 Å². The van der Waals surface area contributed by atoms with Crippen LogP contribution in [0.5, 0.6) is 0 Å². The minimum atomic E-state index is -0.665. The van der Waals surface area contributed by atoms with Gasteiger partial charge in [0.05, 0.1) is 17.0 Å². The molecule has 0 spiro atoms. The standard InChI is InChI=1S/C14H11BrO3/c15-11-3-1-2-10-7-13(18-14(10)11)12(16)6-9-4-5-17-8-9/h1-5,7-8,12,16H,6H2. The predicted molar refractivity (Wildman–Crippen MR) is 71.3 cm³/mol. The van der Waals surface area contributed by atoms with E-state index in [1.165, 1.54) is 0 Å². The number of benzene rings is 1. The minimum Gasteiger partial charge on any atom is -0.472 e. The van der Waals surface area contributed by atoms with Gasteiger partial charge in [-0.1, -0.05) is 12.1 Å². The Balaban J connectivity index is 1.92. The Labute approximate surface area is 112 Å². The van der Waals surface area contributed by atoms with Crippen LogP contribution in [-0.2, 0) is 6.42 Å². The number of fused-ring (bicyclic) bond motifs is 1. The van der Waals surface area contributed by atoms with E-state index in [-0.39, 0.29) is 0 Å². The fraction of sp³-hybridized carbons (Fsp3) is 0.143. The number of hydrogen-bond donors (Lipinski definition) is 1. The molecule has 0 saturated carbocycles. The van der Waals surface area contributed by atoms with E-state index in [2.05, 4.69) is 15.9 Å². The van der Waals surface area contributed by atoms with Gasteiger partial charge in [0.1, 0.15) is 17.4 Å². The molecule has 0 saturated heterocycles. The van der Waals surface area contributed by atoms with Crippen molar-refractivity contribution >= 4 is 26.9 Å². The molecule has 0 fully saturated rings. The van der Waals surface area contributed by atoms with Gasteiger partial charge in [0, 0.05) is 11.8 Å². The summed E-state index contributed by atoms with van der Waals surface area (Å²) in [5, 5.41) is 11.1. The maximum Gasteiger partial charge on any atom is 0.148 e. The maximum absolute atomic E-state index is 10.1. The smallest absolute Gasteiger partial charge is 0.148 e. The largest absolute Gasteiger partial charge is 0.472 e. The van der Waals surface area contributed by atoms with Crippen LogP contribution in [-0.4, -0.2) is 5.11 Å². The molecule has 0 radical (unpaired) electrons. The van der Waals surface area contributed by atoms with E-state index in [9.17, 15) is 5.11 Å². The van der Waals surface area contributed by atoms with Crippen molar-refractivity contribution in [1.82, 2.24) is 0 Å². The van der Waals surface area contributed by atoms with E-state index >= 15 is 0 Å². The second-order valence-corrected chi connectivity index (χ2v) is 5.01. The molecule has 2 heterocycles. The maximum atomic E-state index is 10.1. The SMILES string of the molecule is OC(Cc1ccoc1)c1cc2cccc(Br)c2o1. The number of hydrogen-bond acceptors (Lipinski definition) is 3. The van der Waals surface area contributed by atoms with Gasteiger partial charge in [0.25, 0.3) is 0 Å². The lowest BCUT2D eigenvalue weighted by Gasteiger charge is -2.04. The van der Waals surface area contributed by atoms with Gasteiger partial charge in [-0.05, 0) is 39.7 Å². The molecule has 92 valence electrons. The molecule has 3 nitrogen and oxygen atoms in total. The minimum absolute atomic E-state index is 0.480. The van der Waals surface area contributed by atoms with E-state index < -0.39 is 6.10 Å².